The largest absolute Gasteiger partial charge is 0.459 e. The van der Waals surface area contributed by atoms with Crippen LogP contribution in [0.15, 0.2) is 17.5 Å². The summed E-state index contributed by atoms with van der Waals surface area (Å²) in [5.41, 5.74) is 1.35. The van der Waals surface area contributed by atoms with Crippen molar-refractivity contribution >= 4 is 51.3 Å². The number of esters is 2. The molecule has 32 heavy (non-hydrogen) atoms. The maximum Gasteiger partial charge on any atom is 0.341 e. The average Bonchev–Trinajstić information content (AvgIpc) is 3.37. The van der Waals surface area contributed by atoms with Crippen LogP contribution < -0.4 is 5.32 Å². The SMILES string of the molecule is CC1CCc2c(sc(NC(=O)COC(=O)CCC(=O)c3cccs3)c2C(=O)OC(C)C)C1. The van der Waals surface area contributed by atoms with Crippen molar-refractivity contribution in [3.63, 3.8) is 0 Å². The average molecular weight is 478 g/mol. The highest BCUT2D eigenvalue weighted by atomic mass is 32.1. The minimum Gasteiger partial charge on any atom is -0.459 e. The summed E-state index contributed by atoms with van der Waals surface area (Å²) in [5, 5.41) is 4.95. The molecule has 1 amide bonds. The lowest BCUT2D eigenvalue weighted by molar-refractivity contribution is -0.147. The van der Waals surface area contributed by atoms with Gasteiger partial charge >= 0.3 is 11.9 Å². The van der Waals surface area contributed by atoms with Gasteiger partial charge in [-0.25, -0.2) is 4.79 Å². The number of anilines is 1. The van der Waals surface area contributed by atoms with Gasteiger partial charge in [0.15, 0.2) is 12.4 Å². The fourth-order valence-electron chi connectivity index (χ4n) is 3.48. The van der Waals surface area contributed by atoms with Crippen LogP contribution in [0.25, 0.3) is 0 Å². The molecule has 0 aliphatic heterocycles. The lowest BCUT2D eigenvalue weighted by Crippen LogP contribution is -2.22. The second-order valence-corrected chi connectivity index (χ2v) is 10.2. The van der Waals surface area contributed by atoms with Crippen LogP contribution in [-0.4, -0.2) is 36.3 Å². The number of amides is 1. The predicted molar refractivity (Wildman–Crippen MR) is 124 cm³/mol. The van der Waals surface area contributed by atoms with Gasteiger partial charge in [0.25, 0.3) is 5.91 Å². The summed E-state index contributed by atoms with van der Waals surface area (Å²) < 4.78 is 10.4. The van der Waals surface area contributed by atoms with Crippen LogP contribution in [0.4, 0.5) is 5.00 Å². The summed E-state index contributed by atoms with van der Waals surface area (Å²) in [5.74, 6) is -1.23. The summed E-state index contributed by atoms with van der Waals surface area (Å²) in [6, 6.07) is 3.48. The Morgan fingerprint density at radius 2 is 2.00 bits per heavy atom. The molecular weight excluding hydrogens is 450 g/mol. The molecular formula is C23H27NO6S2. The van der Waals surface area contributed by atoms with Gasteiger partial charge in [0.1, 0.15) is 5.00 Å². The Kier molecular flexibility index (Phi) is 8.20. The zero-order chi connectivity index (χ0) is 23.3. The van der Waals surface area contributed by atoms with Crippen LogP contribution >= 0.6 is 22.7 Å². The van der Waals surface area contributed by atoms with Gasteiger partial charge in [-0.15, -0.1) is 22.7 Å². The van der Waals surface area contributed by atoms with Crippen molar-refractivity contribution in [3.8, 4) is 0 Å². The van der Waals surface area contributed by atoms with Crippen molar-refractivity contribution in [2.75, 3.05) is 11.9 Å². The molecule has 0 spiro atoms. The summed E-state index contributed by atoms with van der Waals surface area (Å²) in [7, 11) is 0. The van der Waals surface area contributed by atoms with E-state index in [-0.39, 0.29) is 24.7 Å². The molecule has 9 heteroatoms. The zero-order valence-electron chi connectivity index (χ0n) is 18.4. The van der Waals surface area contributed by atoms with Crippen molar-refractivity contribution in [1.82, 2.24) is 0 Å². The summed E-state index contributed by atoms with van der Waals surface area (Å²) >= 11 is 2.70. The van der Waals surface area contributed by atoms with Gasteiger partial charge in [0, 0.05) is 11.3 Å². The molecule has 1 aliphatic rings. The molecule has 0 saturated heterocycles. The summed E-state index contributed by atoms with van der Waals surface area (Å²) in [4.78, 5) is 50.7. The highest BCUT2D eigenvalue weighted by Crippen LogP contribution is 2.40. The van der Waals surface area contributed by atoms with E-state index in [0.717, 1.165) is 29.7 Å². The molecule has 1 unspecified atom stereocenters. The Morgan fingerprint density at radius 3 is 2.69 bits per heavy atom. The maximum absolute atomic E-state index is 12.7. The predicted octanol–water partition coefficient (Wildman–Crippen LogP) is 4.64. The molecule has 1 atom stereocenters. The molecule has 0 fully saturated rings. The van der Waals surface area contributed by atoms with E-state index in [2.05, 4.69) is 12.2 Å². The van der Waals surface area contributed by atoms with E-state index >= 15 is 0 Å². The lowest BCUT2D eigenvalue weighted by atomic mass is 9.88. The minimum absolute atomic E-state index is 0.0297. The molecule has 7 nitrogen and oxygen atoms in total. The first-order chi connectivity index (χ1) is 15.2. The van der Waals surface area contributed by atoms with Crippen molar-refractivity contribution < 1.29 is 28.7 Å². The number of carbonyl (C=O) groups excluding carboxylic acids is 4. The van der Waals surface area contributed by atoms with Gasteiger partial charge < -0.3 is 14.8 Å². The highest BCUT2D eigenvalue weighted by Gasteiger charge is 2.29. The van der Waals surface area contributed by atoms with Crippen molar-refractivity contribution in [1.29, 1.82) is 0 Å². The number of thiophene rings is 2. The quantitative estimate of drug-likeness (QED) is 0.417. The lowest BCUT2D eigenvalue weighted by Gasteiger charge is -2.18. The van der Waals surface area contributed by atoms with E-state index in [9.17, 15) is 19.2 Å². The Labute approximate surface area is 195 Å². The fourth-order valence-corrected chi connectivity index (χ4v) is 5.59. The molecule has 0 radical (unpaired) electrons. The Bertz CT molecular complexity index is 993. The molecule has 2 heterocycles. The normalized spacial score (nSPS) is 15.2. The molecule has 172 valence electrons. The fraction of sp³-hybridized carbons (Fsp3) is 0.478. The second-order valence-electron chi connectivity index (χ2n) is 8.12. The molecule has 1 aliphatic carbocycles. The van der Waals surface area contributed by atoms with Gasteiger partial charge in [-0.1, -0.05) is 13.0 Å². The Hall–Kier alpha value is -2.52. The third-order valence-corrected chi connectivity index (χ3v) is 7.11. The standard InChI is InChI=1S/C23H27NO6S2/c1-13(2)30-23(28)21-15-7-6-14(3)11-18(15)32-22(21)24-19(26)12-29-20(27)9-8-16(25)17-5-4-10-31-17/h4-5,10,13-14H,6-9,11-12H2,1-3H3,(H,24,26). The molecule has 2 aromatic rings. The van der Waals surface area contributed by atoms with Crippen LogP contribution in [0.2, 0.25) is 0 Å². The number of Topliss-reactive ketones (excluding diaryl/α,β-unsaturated/α-hetero) is 1. The van der Waals surface area contributed by atoms with Crippen LogP contribution in [0.1, 0.15) is 70.5 Å². The maximum atomic E-state index is 12.7. The van der Waals surface area contributed by atoms with E-state index in [4.69, 9.17) is 9.47 Å². The van der Waals surface area contributed by atoms with Gasteiger partial charge in [-0.2, -0.15) is 0 Å². The van der Waals surface area contributed by atoms with E-state index in [1.54, 1.807) is 31.4 Å². The number of fused-ring (bicyclic) bond motifs is 1. The Morgan fingerprint density at radius 1 is 1.22 bits per heavy atom. The smallest absolute Gasteiger partial charge is 0.341 e. The van der Waals surface area contributed by atoms with Crippen molar-refractivity contribution in [3.05, 3.63) is 38.4 Å². The summed E-state index contributed by atoms with van der Waals surface area (Å²) in [6.07, 6.45) is 2.25. The second kappa shape index (κ2) is 10.9. The van der Waals surface area contributed by atoms with Crippen LogP contribution in [0, 0.1) is 5.92 Å². The number of carbonyl (C=O) groups is 4. The van der Waals surface area contributed by atoms with E-state index < -0.39 is 24.5 Å². The van der Waals surface area contributed by atoms with Crippen molar-refractivity contribution in [2.24, 2.45) is 5.92 Å². The molecule has 1 N–H and O–H groups in total. The van der Waals surface area contributed by atoms with E-state index in [1.165, 1.54) is 22.7 Å². The van der Waals surface area contributed by atoms with Gasteiger partial charge in [-0.3, -0.25) is 14.4 Å². The van der Waals surface area contributed by atoms with E-state index in [1.807, 2.05) is 0 Å². The monoisotopic (exact) mass is 477 g/mol. The molecule has 3 rings (SSSR count). The van der Waals surface area contributed by atoms with Crippen molar-refractivity contribution in [2.45, 2.75) is 59.0 Å². The number of nitrogens with one attached hydrogen (secondary N) is 1. The highest BCUT2D eigenvalue weighted by molar-refractivity contribution is 7.17. The number of rotatable bonds is 9. The third-order valence-electron chi connectivity index (χ3n) is 5.03. The number of hydrogen-bond donors (Lipinski definition) is 1. The minimum atomic E-state index is -0.621. The molecule has 0 saturated carbocycles. The first kappa shape index (κ1) is 24.1. The zero-order valence-corrected chi connectivity index (χ0v) is 20.0. The topological polar surface area (TPSA) is 98.8 Å². The number of ketones is 1. The molecule has 0 aromatic carbocycles. The third kappa shape index (κ3) is 6.26. The van der Waals surface area contributed by atoms with Crippen LogP contribution in [0.3, 0.4) is 0 Å². The van der Waals surface area contributed by atoms with Gasteiger partial charge in [-0.05, 0) is 56.0 Å². The first-order valence-corrected chi connectivity index (χ1v) is 12.3. The van der Waals surface area contributed by atoms with E-state index in [0.29, 0.717) is 21.4 Å². The first-order valence-electron chi connectivity index (χ1n) is 10.6. The van der Waals surface area contributed by atoms with Gasteiger partial charge in [0.05, 0.1) is 23.0 Å². The molecule has 2 aromatic heterocycles. The molecule has 0 bridgehead atoms. The Balaban J connectivity index is 1.58. The van der Waals surface area contributed by atoms with Crippen LogP contribution in [-0.2, 0) is 31.9 Å². The number of ether oxygens (including phenoxy) is 2. The summed E-state index contributed by atoms with van der Waals surface area (Å²) in [6.45, 7) is 5.23. The van der Waals surface area contributed by atoms with Gasteiger partial charge in [0.2, 0.25) is 0 Å². The van der Waals surface area contributed by atoms with Crippen LogP contribution in [0.5, 0.6) is 0 Å². The number of hydrogen-bond acceptors (Lipinski definition) is 8.